The first-order valence-corrected chi connectivity index (χ1v) is 3.78. The molecule has 0 spiro atoms. The van der Waals surface area contributed by atoms with Gasteiger partial charge in [-0.25, -0.2) is 0 Å². The molecular formula is C8H16O2. The van der Waals surface area contributed by atoms with Crippen molar-refractivity contribution >= 4 is 0 Å². The van der Waals surface area contributed by atoms with Crippen LogP contribution in [0.3, 0.4) is 0 Å². The number of rotatable bonds is 5. The minimum absolute atomic E-state index is 0.480. The second-order valence-corrected chi connectivity index (χ2v) is 2.29. The molecule has 2 N–H and O–H groups in total. The van der Waals surface area contributed by atoms with Crippen LogP contribution in [0.1, 0.15) is 32.6 Å². The maximum Gasteiger partial charge on any atom is 0.151 e. The number of allylic oxidation sites excluding steroid dienone is 2. The largest absolute Gasteiger partial charge is 0.368 e. The highest BCUT2D eigenvalue weighted by Crippen LogP contribution is 1.99. The SMILES string of the molecule is CC/C=C\CCCC(O)O. The maximum atomic E-state index is 8.44. The number of unbranched alkanes of at least 4 members (excludes halogenated alkanes) is 1. The van der Waals surface area contributed by atoms with Crippen LogP contribution >= 0.6 is 0 Å². The molecule has 0 aliphatic heterocycles. The zero-order valence-electron chi connectivity index (χ0n) is 6.45. The van der Waals surface area contributed by atoms with Crippen LogP contribution in [0.15, 0.2) is 12.2 Å². The van der Waals surface area contributed by atoms with Crippen molar-refractivity contribution in [2.45, 2.75) is 38.9 Å². The lowest BCUT2D eigenvalue weighted by Crippen LogP contribution is -2.02. The Kier molecular flexibility index (Phi) is 6.55. The van der Waals surface area contributed by atoms with Crippen molar-refractivity contribution in [2.24, 2.45) is 0 Å². The molecule has 0 aromatic rings. The highest BCUT2D eigenvalue weighted by molar-refractivity contribution is 4.79. The van der Waals surface area contributed by atoms with E-state index in [4.69, 9.17) is 10.2 Å². The highest BCUT2D eigenvalue weighted by Gasteiger charge is 1.93. The molecule has 0 amide bonds. The lowest BCUT2D eigenvalue weighted by Gasteiger charge is -1.98. The Morgan fingerprint density at radius 1 is 1.30 bits per heavy atom. The van der Waals surface area contributed by atoms with Gasteiger partial charge in [0.1, 0.15) is 0 Å². The van der Waals surface area contributed by atoms with E-state index in [0.29, 0.717) is 6.42 Å². The summed E-state index contributed by atoms with van der Waals surface area (Å²) in [6, 6.07) is 0. The zero-order chi connectivity index (χ0) is 7.82. The van der Waals surface area contributed by atoms with Gasteiger partial charge in [0.25, 0.3) is 0 Å². The number of aliphatic hydroxyl groups excluding tert-OH is 1. The third-order valence-electron chi connectivity index (χ3n) is 1.24. The fourth-order valence-corrected chi connectivity index (χ4v) is 0.703. The molecule has 0 radical (unpaired) electrons. The molecule has 0 fully saturated rings. The van der Waals surface area contributed by atoms with Gasteiger partial charge in [-0.15, -0.1) is 0 Å². The Morgan fingerprint density at radius 3 is 2.50 bits per heavy atom. The van der Waals surface area contributed by atoms with Crippen molar-refractivity contribution in [2.75, 3.05) is 0 Å². The lowest BCUT2D eigenvalue weighted by atomic mass is 10.2. The molecule has 0 saturated heterocycles. The molecule has 0 aliphatic rings. The van der Waals surface area contributed by atoms with Gasteiger partial charge in [0, 0.05) is 0 Å². The maximum absolute atomic E-state index is 8.44. The molecular weight excluding hydrogens is 128 g/mol. The molecule has 0 rings (SSSR count). The van der Waals surface area contributed by atoms with E-state index in [0.717, 1.165) is 19.3 Å². The Balaban J connectivity index is 2.97. The van der Waals surface area contributed by atoms with Crippen LogP contribution in [0.25, 0.3) is 0 Å². The van der Waals surface area contributed by atoms with Gasteiger partial charge in [0.15, 0.2) is 6.29 Å². The van der Waals surface area contributed by atoms with Crippen LogP contribution in [0.5, 0.6) is 0 Å². The smallest absolute Gasteiger partial charge is 0.151 e. The minimum Gasteiger partial charge on any atom is -0.368 e. The van der Waals surface area contributed by atoms with E-state index >= 15 is 0 Å². The molecule has 0 atom stereocenters. The molecule has 0 heterocycles. The van der Waals surface area contributed by atoms with Gasteiger partial charge in [-0.2, -0.15) is 0 Å². The Morgan fingerprint density at radius 2 is 2.00 bits per heavy atom. The monoisotopic (exact) mass is 144 g/mol. The van der Waals surface area contributed by atoms with Gasteiger partial charge in [-0.05, 0) is 25.7 Å². The third kappa shape index (κ3) is 7.66. The van der Waals surface area contributed by atoms with Crippen LogP contribution < -0.4 is 0 Å². The van der Waals surface area contributed by atoms with Crippen LogP contribution in [-0.4, -0.2) is 16.5 Å². The summed E-state index contributed by atoms with van der Waals surface area (Å²) >= 11 is 0. The molecule has 60 valence electrons. The van der Waals surface area contributed by atoms with Gasteiger partial charge in [0.05, 0.1) is 0 Å². The predicted octanol–water partition coefficient (Wildman–Crippen LogP) is 1.43. The van der Waals surface area contributed by atoms with Gasteiger partial charge in [0.2, 0.25) is 0 Å². The van der Waals surface area contributed by atoms with Crippen molar-refractivity contribution in [3.63, 3.8) is 0 Å². The number of hydrogen-bond acceptors (Lipinski definition) is 2. The van der Waals surface area contributed by atoms with Crippen molar-refractivity contribution in [3.05, 3.63) is 12.2 Å². The van der Waals surface area contributed by atoms with E-state index in [-0.39, 0.29) is 0 Å². The standard InChI is InChI=1S/C8H16O2/c1-2-3-4-5-6-7-8(9)10/h3-4,8-10H,2,5-7H2,1H3/b4-3-. The van der Waals surface area contributed by atoms with E-state index in [1.54, 1.807) is 0 Å². The van der Waals surface area contributed by atoms with Crippen LogP contribution in [0.2, 0.25) is 0 Å². The summed E-state index contributed by atoms with van der Waals surface area (Å²) in [5.74, 6) is 0. The van der Waals surface area contributed by atoms with E-state index < -0.39 is 6.29 Å². The molecule has 10 heavy (non-hydrogen) atoms. The lowest BCUT2D eigenvalue weighted by molar-refractivity contribution is -0.0460. The molecule has 2 heteroatoms. The summed E-state index contributed by atoms with van der Waals surface area (Å²) in [4.78, 5) is 0. The van der Waals surface area contributed by atoms with E-state index in [2.05, 4.69) is 19.1 Å². The molecule has 0 saturated carbocycles. The molecule has 0 aromatic carbocycles. The Labute approximate surface area is 62.2 Å². The quantitative estimate of drug-likeness (QED) is 0.348. The fraction of sp³-hybridized carbons (Fsp3) is 0.750. The second kappa shape index (κ2) is 6.78. The topological polar surface area (TPSA) is 40.5 Å². The zero-order valence-corrected chi connectivity index (χ0v) is 6.45. The van der Waals surface area contributed by atoms with Gasteiger partial charge < -0.3 is 10.2 Å². The van der Waals surface area contributed by atoms with Crippen molar-refractivity contribution in [3.8, 4) is 0 Å². The van der Waals surface area contributed by atoms with E-state index in [1.165, 1.54) is 0 Å². The molecule has 2 nitrogen and oxygen atoms in total. The summed E-state index contributed by atoms with van der Waals surface area (Å²) in [5.41, 5.74) is 0. The fourth-order valence-electron chi connectivity index (χ4n) is 0.703. The predicted molar refractivity (Wildman–Crippen MR) is 41.5 cm³/mol. The van der Waals surface area contributed by atoms with Gasteiger partial charge >= 0.3 is 0 Å². The second-order valence-electron chi connectivity index (χ2n) is 2.29. The van der Waals surface area contributed by atoms with Gasteiger partial charge in [-0.3, -0.25) is 0 Å². The Bertz CT molecular complexity index is 87.3. The first-order valence-electron chi connectivity index (χ1n) is 3.78. The number of aliphatic hydroxyl groups is 2. The minimum atomic E-state index is -1.13. The van der Waals surface area contributed by atoms with Crippen LogP contribution in [0.4, 0.5) is 0 Å². The van der Waals surface area contributed by atoms with E-state index in [1.807, 2.05) is 0 Å². The first-order chi connectivity index (χ1) is 4.77. The average Bonchev–Trinajstić information content (AvgIpc) is 1.87. The van der Waals surface area contributed by atoms with Crippen LogP contribution in [0, 0.1) is 0 Å². The molecule has 0 aliphatic carbocycles. The van der Waals surface area contributed by atoms with Crippen molar-refractivity contribution in [1.82, 2.24) is 0 Å². The van der Waals surface area contributed by atoms with Crippen molar-refractivity contribution < 1.29 is 10.2 Å². The molecule has 0 aromatic heterocycles. The summed E-state index contributed by atoms with van der Waals surface area (Å²) < 4.78 is 0. The normalized spacial score (nSPS) is 11.6. The van der Waals surface area contributed by atoms with Gasteiger partial charge in [-0.1, -0.05) is 19.1 Å². The van der Waals surface area contributed by atoms with Crippen LogP contribution in [-0.2, 0) is 0 Å². The molecule has 0 unspecified atom stereocenters. The average molecular weight is 144 g/mol. The third-order valence-corrected chi connectivity index (χ3v) is 1.24. The summed E-state index contributed by atoms with van der Waals surface area (Å²) in [5, 5.41) is 16.9. The Hall–Kier alpha value is -0.340. The first kappa shape index (κ1) is 9.66. The summed E-state index contributed by atoms with van der Waals surface area (Å²) in [7, 11) is 0. The molecule has 0 bridgehead atoms. The summed E-state index contributed by atoms with van der Waals surface area (Å²) in [6.07, 6.45) is 6.37. The van der Waals surface area contributed by atoms with Crippen molar-refractivity contribution in [1.29, 1.82) is 0 Å². The van der Waals surface area contributed by atoms with E-state index in [9.17, 15) is 0 Å². The number of hydrogen-bond donors (Lipinski definition) is 2. The summed E-state index contributed by atoms with van der Waals surface area (Å²) in [6.45, 7) is 2.08. The highest BCUT2D eigenvalue weighted by atomic mass is 16.5.